The molecule has 1 nitrogen and oxygen atoms in total. The Morgan fingerprint density at radius 3 is 2.20 bits per heavy atom. The number of benzene rings is 1. The summed E-state index contributed by atoms with van der Waals surface area (Å²) in [5.41, 5.74) is 1.25. The standard InChI is InChI=1S/C11H11F3O/c1-2-8-5-3-4-6-9(8)7-10(15)11(12,13)14/h3-6H,2,7H2,1H3. The van der Waals surface area contributed by atoms with Gasteiger partial charge in [0.25, 0.3) is 0 Å². The SMILES string of the molecule is CCc1ccccc1CC(=O)C(F)(F)F. The highest BCUT2D eigenvalue weighted by Crippen LogP contribution is 2.20. The fourth-order valence-electron chi connectivity index (χ4n) is 1.35. The first-order chi connectivity index (χ1) is 6.95. The minimum absolute atomic E-state index is 0.460. The van der Waals surface area contributed by atoms with Crippen LogP contribution in [0, 0.1) is 0 Å². The maximum Gasteiger partial charge on any atom is 0.450 e. The van der Waals surface area contributed by atoms with E-state index in [1.165, 1.54) is 0 Å². The third-order valence-electron chi connectivity index (χ3n) is 2.17. The summed E-state index contributed by atoms with van der Waals surface area (Å²) >= 11 is 0. The molecule has 0 saturated heterocycles. The van der Waals surface area contributed by atoms with Gasteiger partial charge in [0, 0.05) is 6.42 Å². The molecular weight excluding hydrogens is 205 g/mol. The Hall–Kier alpha value is -1.32. The Morgan fingerprint density at radius 1 is 1.20 bits per heavy atom. The predicted molar refractivity (Wildman–Crippen MR) is 50.6 cm³/mol. The monoisotopic (exact) mass is 216 g/mol. The van der Waals surface area contributed by atoms with Crippen LogP contribution >= 0.6 is 0 Å². The number of hydrogen-bond acceptors (Lipinski definition) is 1. The van der Waals surface area contributed by atoms with Crippen LogP contribution in [0.4, 0.5) is 13.2 Å². The average Bonchev–Trinajstić information content (AvgIpc) is 2.17. The van der Waals surface area contributed by atoms with Gasteiger partial charge in [-0.1, -0.05) is 31.2 Å². The Morgan fingerprint density at radius 2 is 1.73 bits per heavy atom. The molecule has 0 amide bonds. The van der Waals surface area contributed by atoms with Crippen molar-refractivity contribution >= 4 is 5.78 Å². The number of alkyl halides is 3. The van der Waals surface area contributed by atoms with E-state index < -0.39 is 18.4 Å². The van der Waals surface area contributed by atoms with Gasteiger partial charge in [-0.25, -0.2) is 0 Å². The lowest BCUT2D eigenvalue weighted by Gasteiger charge is -2.08. The summed E-state index contributed by atoms with van der Waals surface area (Å²) in [7, 11) is 0. The summed E-state index contributed by atoms with van der Waals surface area (Å²) in [6.07, 6.45) is -4.67. The van der Waals surface area contributed by atoms with E-state index in [1.807, 2.05) is 6.92 Å². The molecular formula is C11H11F3O. The van der Waals surface area contributed by atoms with E-state index in [2.05, 4.69) is 0 Å². The van der Waals surface area contributed by atoms with Crippen LogP contribution in [0.2, 0.25) is 0 Å². The number of halogens is 3. The van der Waals surface area contributed by atoms with Crippen LogP contribution in [0.3, 0.4) is 0 Å². The number of ketones is 1. The second-order valence-corrected chi connectivity index (χ2v) is 3.22. The molecule has 0 N–H and O–H groups in total. The maximum atomic E-state index is 12.0. The fraction of sp³-hybridized carbons (Fsp3) is 0.364. The molecule has 4 heteroatoms. The van der Waals surface area contributed by atoms with Crippen molar-refractivity contribution in [1.29, 1.82) is 0 Å². The molecule has 0 bridgehead atoms. The van der Waals surface area contributed by atoms with E-state index in [4.69, 9.17) is 0 Å². The summed E-state index contributed by atoms with van der Waals surface area (Å²) in [6, 6.07) is 6.68. The van der Waals surface area contributed by atoms with Crippen LogP contribution in [-0.4, -0.2) is 12.0 Å². The van der Waals surface area contributed by atoms with Gasteiger partial charge in [0.1, 0.15) is 0 Å². The summed E-state index contributed by atoms with van der Waals surface area (Å²) in [5, 5.41) is 0. The van der Waals surface area contributed by atoms with E-state index in [9.17, 15) is 18.0 Å². The van der Waals surface area contributed by atoms with Crippen LogP contribution < -0.4 is 0 Å². The van der Waals surface area contributed by atoms with E-state index in [1.54, 1.807) is 24.3 Å². The molecule has 0 atom stereocenters. The van der Waals surface area contributed by atoms with Crippen molar-refractivity contribution in [2.24, 2.45) is 0 Å². The van der Waals surface area contributed by atoms with Crippen LogP contribution in [0.5, 0.6) is 0 Å². The molecule has 0 fully saturated rings. The molecule has 0 radical (unpaired) electrons. The number of rotatable bonds is 3. The van der Waals surface area contributed by atoms with E-state index >= 15 is 0 Å². The van der Waals surface area contributed by atoms with Crippen molar-refractivity contribution in [3.05, 3.63) is 35.4 Å². The maximum absolute atomic E-state index is 12.0. The molecule has 0 heterocycles. The Bertz CT molecular complexity index is 355. The smallest absolute Gasteiger partial charge is 0.289 e. The van der Waals surface area contributed by atoms with E-state index in [0.717, 1.165) is 5.56 Å². The lowest BCUT2D eigenvalue weighted by atomic mass is 10.0. The van der Waals surface area contributed by atoms with Gasteiger partial charge in [0.05, 0.1) is 0 Å². The summed E-state index contributed by atoms with van der Waals surface area (Å²) in [5.74, 6) is -1.69. The first kappa shape index (κ1) is 11.8. The zero-order valence-electron chi connectivity index (χ0n) is 8.27. The zero-order valence-corrected chi connectivity index (χ0v) is 8.27. The fourth-order valence-corrected chi connectivity index (χ4v) is 1.35. The van der Waals surface area contributed by atoms with Crippen LogP contribution in [-0.2, 0) is 17.6 Å². The molecule has 0 aliphatic rings. The second kappa shape index (κ2) is 4.47. The highest BCUT2D eigenvalue weighted by atomic mass is 19.4. The van der Waals surface area contributed by atoms with Crippen molar-refractivity contribution in [3.8, 4) is 0 Å². The predicted octanol–water partition coefficient (Wildman–Crippen LogP) is 2.92. The first-order valence-corrected chi connectivity index (χ1v) is 4.62. The lowest BCUT2D eigenvalue weighted by Crippen LogP contribution is -2.24. The number of Topliss-reactive ketones (excluding diaryl/α,β-unsaturated/α-hetero) is 1. The molecule has 1 rings (SSSR count). The van der Waals surface area contributed by atoms with Crippen molar-refractivity contribution in [2.75, 3.05) is 0 Å². The topological polar surface area (TPSA) is 17.1 Å². The molecule has 0 unspecified atom stereocenters. The third-order valence-corrected chi connectivity index (χ3v) is 2.17. The van der Waals surface area contributed by atoms with Gasteiger partial charge < -0.3 is 0 Å². The highest BCUT2D eigenvalue weighted by molar-refractivity contribution is 5.86. The number of aryl methyl sites for hydroxylation is 1. The Balaban J connectivity index is 2.85. The summed E-state index contributed by atoms with van der Waals surface area (Å²) in [6.45, 7) is 1.84. The number of hydrogen-bond donors (Lipinski definition) is 0. The van der Waals surface area contributed by atoms with Crippen molar-refractivity contribution in [1.82, 2.24) is 0 Å². The molecule has 0 aromatic heterocycles. The minimum Gasteiger partial charge on any atom is -0.289 e. The van der Waals surface area contributed by atoms with Gasteiger partial charge in [0.15, 0.2) is 0 Å². The molecule has 0 saturated carbocycles. The first-order valence-electron chi connectivity index (χ1n) is 4.62. The van der Waals surface area contributed by atoms with Crippen molar-refractivity contribution < 1.29 is 18.0 Å². The van der Waals surface area contributed by atoms with Gasteiger partial charge in [-0.05, 0) is 17.5 Å². The summed E-state index contributed by atoms with van der Waals surface area (Å²) < 4.78 is 36.1. The van der Waals surface area contributed by atoms with Gasteiger partial charge >= 0.3 is 6.18 Å². The largest absolute Gasteiger partial charge is 0.450 e. The van der Waals surface area contributed by atoms with Gasteiger partial charge in [-0.2, -0.15) is 13.2 Å². The van der Waals surface area contributed by atoms with E-state index in [-0.39, 0.29) is 0 Å². The number of carbonyl (C=O) groups is 1. The van der Waals surface area contributed by atoms with Gasteiger partial charge in [-0.15, -0.1) is 0 Å². The average molecular weight is 216 g/mol. The van der Waals surface area contributed by atoms with E-state index in [0.29, 0.717) is 12.0 Å². The number of carbonyl (C=O) groups excluding carboxylic acids is 1. The highest BCUT2D eigenvalue weighted by Gasteiger charge is 2.37. The van der Waals surface area contributed by atoms with Crippen molar-refractivity contribution in [2.45, 2.75) is 25.9 Å². The molecule has 15 heavy (non-hydrogen) atoms. The zero-order chi connectivity index (χ0) is 11.5. The molecule has 1 aromatic rings. The van der Waals surface area contributed by atoms with Crippen LogP contribution in [0.25, 0.3) is 0 Å². The lowest BCUT2D eigenvalue weighted by molar-refractivity contribution is -0.170. The Kier molecular flexibility index (Phi) is 3.50. The van der Waals surface area contributed by atoms with Crippen LogP contribution in [0.15, 0.2) is 24.3 Å². The Labute approximate surface area is 85.9 Å². The second-order valence-electron chi connectivity index (χ2n) is 3.22. The molecule has 1 aromatic carbocycles. The third kappa shape index (κ3) is 3.08. The molecule has 82 valence electrons. The molecule has 0 aliphatic carbocycles. The normalized spacial score (nSPS) is 11.5. The summed E-state index contributed by atoms with van der Waals surface area (Å²) in [4.78, 5) is 10.8. The van der Waals surface area contributed by atoms with Gasteiger partial charge in [0.2, 0.25) is 5.78 Å². The molecule has 0 spiro atoms. The minimum atomic E-state index is -4.74. The van der Waals surface area contributed by atoms with Gasteiger partial charge in [-0.3, -0.25) is 4.79 Å². The quantitative estimate of drug-likeness (QED) is 0.759. The molecule has 0 aliphatic heterocycles. The van der Waals surface area contributed by atoms with Crippen molar-refractivity contribution in [3.63, 3.8) is 0 Å². The van der Waals surface area contributed by atoms with Crippen LogP contribution in [0.1, 0.15) is 18.1 Å².